The number of hydrogen-bond acceptors (Lipinski definition) is 5. The Labute approximate surface area is 151 Å². The molecular weight excluding hydrogens is 336 g/mol. The second-order valence-electron chi connectivity index (χ2n) is 6.72. The molecule has 0 radical (unpaired) electrons. The van der Waals surface area contributed by atoms with Gasteiger partial charge in [0.25, 0.3) is 5.91 Å². The lowest BCUT2D eigenvalue weighted by Crippen LogP contribution is -2.50. The number of carbonyl (C=O) groups excluding carboxylic acids is 2. The third-order valence-electron chi connectivity index (χ3n) is 4.21. The molecule has 26 heavy (non-hydrogen) atoms. The zero-order valence-electron chi connectivity index (χ0n) is 14.9. The van der Waals surface area contributed by atoms with Crippen molar-refractivity contribution in [1.29, 1.82) is 0 Å². The lowest BCUT2D eigenvalue weighted by molar-refractivity contribution is 0.0515. The molecule has 1 aromatic carbocycles. The van der Waals surface area contributed by atoms with Gasteiger partial charge in [0.1, 0.15) is 5.58 Å². The van der Waals surface area contributed by atoms with Crippen LogP contribution >= 0.6 is 0 Å². The highest BCUT2D eigenvalue weighted by Gasteiger charge is 2.27. The SMILES string of the molecule is CC(C)COC(=O)N1CCN(C(=O)c2cc(=O)c3ccccc3o2)CC1. The van der Waals surface area contributed by atoms with Crippen molar-refractivity contribution in [3.05, 3.63) is 46.3 Å². The summed E-state index contributed by atoms with van der Waals surface area (Å²) in [4.78, 5) is 39.9. The van der Waals surface area contributed by atoms with Gasteiger partial charge in [0, 0.05) is 32.2 Å². The van der Waals surface area contributed by atoms with Crippen molar-refractivity contribution >= 4 is 23.0 Å². The molecule has 0 aliphatic carbocycles. The third-order valence-corrected chi connectivity index (χ3v) is 4.21. The van der Waals surface area contributed by atoms with E-state index in [1.54, 1.807) is 34.1 Å². The topological polar surface area (TPSA) is 80.1 Å². The van der Waals surface area contributed by atoms with E-state index in [1.807, 2.05) is 13.8 Å². The zero-order chi connectivity index (χ0) is 18.7. The van der Waals surface area contributed by atoms with E-state index < -0.39 is 0 Å². The van der Waals surface area contributed by atoms with Crippen molar-refractivity contribution in [1.82, 2.24) is 9.80 Å². The van der Waals surface area contributed by atoms with Crippen molar-refractivity contribution in [3.63, 3.8) is 0 Å². The molecule has 1 aliphatic rings. The van der Waals surface area contributed by atoms with Gasteiger partial charge in [0.05, 0.1) is 12.0 Å². The first-order valence-corrected chi connectivity index (χ1v) is 8.69. The van der Waals surface area contributed by atoms with E-state index in [2.05, 4.69) is 0 Å². The first kappa shape index (κ1) is 18.0. The van der Waals surface area contributed by atoms with Crippen LogP contribution in [0.2, 0.25) is 0 Å². The van der Waals surface area contributed by atoms with Crippen molar-refractivity contribution < 1.29 is 18.7 Å². The largest absolute Gasteiger partial charge is 0.451 e. The number of piperazine rings is 1. The summed E-state index contributed by atoms with van der Waals surface area (Å²) in [6.45, 7) is 5.84. The van der Waals surface area contributed by atoms with E-state index >= 15 is 0 Å². The fraction of sp³-hybridized carbons (Fsp3) is 0.421. The lowest BCUT2D eigenvalue weighted by Gasteiger charge is -2.33. The van der Waals surface area contributed by atoms with Gasteiger partial charge in [-0.1, -0.05) is 26.0 Å². The lowest BCUT2D eigenvalue weighted by atomic mass is 10.2. The Morgan fingerprint density at radius 2 is 1.77 bits per heavy atom. The zero-order valence-corrected chi connectivity index (χ0v) is 14.9. The third kappa shape index (κ3) is 3.87. The Morgan fingerprint density at radius 3 is 2.46 bits per heavy atom. The predicted molar refractivity (Wildman–Crippen MR) is 96.1 cm³/mol. The van der Waals surface area contributed by atoms with Crippen molar-refractivity contribution in [2.24, 2.45) is 5.92 Å². The monoisotopic (exact) mass is 358 g/mol. The molecule has 7 heteroatoms. The number of nitrogens with zero attached hydrogens (tertiary/aromatic N) is 2. The van der Waals surface area contributed by atoms with E-state index in [0.717, 1.165) is 0 Å². The normalized spacial score (nSPS) is 14.7. The standard InChI is InChI=1S/C19H22N2O5/c1-13(2)12-25-19(24)21-9-7-20(8-10-21)18(23)17-11-15(22)14-5-3-4-6-16(14)26-17/h3-6,11,13H,7-10,12H2,1-2H3. The van der Waals surface area contributed by atoms with Gasteiger partial charge in [-0.25, -0.2) is 4.79 Å². The summed E-state index contributed by atoms with van der Waals surface area (Å²) < 4.78 is 10.8. The Hall–Kier alpha value is -2.83. The van der Waals surface area contributed by atoms with Crippen molar-refractivity contribution in [2.45, 2.75) is 13.8 Å². The second-order valence-corrected chi connectivity index (χ2v) is 6.72. The van der Waals surface area contributed by atoms with Crippen LogP contribution in [0.1, 0.15) is 24.4 Å². The summed E-state index contributed by atoms with van der Waals surface area (Å²) in [5.74, 6) is -0.0507. The molecule has 2 amide bonds. The average Bonchev–Trinajstić information content (AvgIpc) is 2.65. The molecule has 3 rings (SSSR count). The molecule has 138 valence electrons. The summed E-state index contributed by atoms with van der Waals surface area (Å²) >= 11 is 0. The molecule has 1 aromatic heterocycles. The van der Waals surface area contributed by atoms with Crippen molar-refractivity contribution in [2.75, 3.05) is 32.8 Å². The molecule has 2 heterocycles. The smallest absolute Gasteiger partial charge is 0.409 e. The van der Waals surface area contributed by atoms with E-state index in [4.69, 9.17) is 9.15 Å². The first-order valence-electron chi connectivity index (χ1n) is 8.69. The van der Waals surface area contributed by atoms with Crippen LogP contribution in [0.15, 0.2) is 39.5 Å². The number of ether oxygens (including phenoxy) is 1. The molecule has 0 spiro atoms. The van der Waals surface area contributed by atoms with Crippen LogP contribution in [0, 0.1) is 5.92 Å². The fourth-order valence-electron chi connectivity index (χ4n) is 2.79. The number of para-hydroxylation sites is 1. The highest BCUT2D eigenvalue weighted by Crippen LogP contribution is 2.15. The Kier molecular flexibility index (Phi) is 5.25. The minimum Gasteiger partial charge on any atom is -0.451 e. The molecule has 2 aromatic rings. The molecular formula is C19H22N2O5. The Morgan fingerprint density at radius 1 is 1.12 bits per heavy atom. The van der Waals surface area contributed by atoms with Crippen LogP contribution in [0.5, 0.6) is 0 Å². The summed E-state index contributed by atoms with van der Waals surface area (Å²) in [6.07, 6.45) is -0.358. The van der Waals surface area contributed by atoms with Gasteiger partial charge in [-0.2, -0.15) is 0 Å². The number of rotatable bonds is 3. The molecule has 1 fully saturated rings. The van der Waals surface area contributed by atoms with Gasteiger partial charge < -0.3 is 19.0 Å². The predicted octanol–water partition coefficient (Wildman–Crippen LogP) is 2.34. The van der Waals surface area contributed by atoms with Crippen LogP contribution in [-0.4, -0.2) is 54.6 Å². The minimum absolute atomic E-state index is 0.0181. The second kappa shape index (κ2) is 7.59. The highest BCUT2D eigenvalue weighted by atomic mass is 16.6. The molecule has 1 aliphatic heterocycles. The van der Waals surface area contributed by atoms with Gasteiger partial charge >= 0.3 is 6.09 Å². The quantitative estimate of drug-likeness (QED) is 0.841. The van der Waals surface area contributed by atoms with Crippen LogP contribution in [0.3, 0.4) is 0 Å². The van der Waals surface area contributed by atoms with Gasteiger partial charge in [0.2, 0.25) is 0 Å². The molecule has 7 nitrogen and oxygen atoms in total. The fourth-order valence-corrected chi connectivity index (χ4v) is 2.79. The molecule has 0 saturated carbocycles. The van der Waals surface area contributed by atoms with E-state index in [-0.39, 0.29) is 29.1 Å². The highest BCUT2D eigenvalue weighted by molar-refractivity contribution is 5.93. The minimum atomic E-state index is -0.358. The molecule has 0 N–H and O–H groups in total. The molecule has 0 bridgehead atoms. The van der Waals surface area contributed by atoms with Gasteiger partial charge in [0.15, 0.2) is 11.2 Å². The van der Waals surface area contributed by atoms with Gasteiger partial charge in [-0.05, 0) is 18.1 Å². The Bertz CT molecular complexity index is 866. The number of benzene rings is 1. The van der Waals surface area contributed by atoms with Crippen LogP contribution in [0.4, 0.5) is 4.79 Å². The molecule has 0 atom stereocenters. The molecule has 1 saturated heterocycles. The van der Waals surface area contributed by atoms with Crippen LogP contribution < -0.4 is 5.43 Å². The maximum absolute atomic E-state index is 12.6. The maximum Gasteiger partial charge on any atom is 0.409 e. The van der Waals surface area contributed by atoms with Gasteiger partial charge in [-0.3, -0.25) is 9.59 Å². The Balaban J connectivity index is 1.65. The van der Waals surface area contributed by atoms with E-state index in [9.17, 15) is 14.4 Å². The van der Waals surface area contributed by atoms with Crippen molar-refractivity contribution in [3.8, 4) is 0 Å². The van der Waals surface area contributed by atoms with Gasteiger partial charge in [-0.15, -0.1) is 0 Å². The van der Waals surface area contributed by atoms with E-state index in [0.29, 0.717) is 43.8 Å². The summed E-state index contributed by atoms with van der Waals surface area (Å²) in [5.41, 5.74) is 0.144. The summed E-state index contributed by atoms with van der Waals surface area (Å²) in [6, 6.07) is 8.06. The summed E-state index contributed by atoms with van der Waals surface area (Å²) in [7, 11) is 0. The number of amides is 2. The van der Waals surface area contributed by atoms with Crippen LogP contribution in [0.25, 0.3) is 11.0 Å². The molecule has 0 unspecified atom stereocenters. The average molecular weight is 358 g/mol. The van der Waals surface area contributed by atoms with E-state index in [1.165, 1.54) is 6.07 Å². The van der Waals surface area contributed by atoms with Crippen LogP contribution in [-0.2, 0) is 4.74 Å². The first-order chi connectivity index (χ1) is 12.5. The summed E-state index contributed by atoms with van der Waals surface area (Å²) in [5, 5.41) is 0.446. The number of fused-ring (bicyclic) bond motifs is 1. The number of carbonyl (C=O) groups is 2. The number of hydrogen-bond donors (Lipinski definition) is 0. The maximum atomic E-state index is 12.6.